The quantitative estimate of drug-likeness (QED) is 0.516. The van der Waals surface area contributed by atoms with Crippen LogP contribution in [0.4, 0.5) is 5.69 Å². The third-order valence-electron chi connectivity index (χ3n) is 1.96. The molecule has 72 valence electrons. The smallest absolute Gasteiger partial charge is 0.339 e. The average molecular weight is 225 g/mol. The molecule has 0 aliphatic heterocycles. The lowest BCUT2D eigenvalue weighted by molar-refractivity contribution is 0.0700. The highest BCUT2D eigenvalue weighted by Crippen LogP contribution is 2.33. The maximum Gasteiger partial charge on any atom is 0.339 e. The van der Waals surface area contributed by atoms with E-state index in [2.05, 4.69) is 12.6 Å². The van der Waals surface area contributed by atoms with Gasteiger partial charge in [-0.25, -0.2) is 4.79 Å². The molecule has 3 N–H and O–H groups in total. The summed E-state index contributed by atoms with van der Waals surface area (Å²) < 4.78 is 0.683. The monoisotopic (exact) mass is 225 g/mol. The summed E-state index contributed by atoms with van der Waals surface area (Å²) >= 11 is 5.60. The van der Waals surface area contributed by atoms with E-state index in [1.165, 1.54) is 11.3 Å². The molecule has 0 unspecified atom stereocenters. The molecular formula is C9H7NO2S2. The summed E-state index contributed by atoms with van der Waals surface area (Å²) in [6.07, 6.45) is 0. The van der Waals surface area contributed by atoms with E-state index in [9.17, 15) is 4.79 Å². The standard InChI is InChI=1S/C9H7NO2S2/c10-5-3-6(13)4-1-2-14-8(4)7(5)9(11)12/h1-3,13H,10H2,(H,11,12). The van der Waals surface area contributed by atoms with E-state index < -0.39 is 5.97 Å². The molecule has 1 heterocycles. The fraction of sp³-hybridized carbons (Fsp3) is 0. The summed E-state index contributed by atoms with van der Waals surface area (Å²) in [7, 11) is 0. The minimum absolute atomic E-state index is 0.174. The highest BCUT2D eigenvalue weighted by molar-refractivity contribution is 7.80. The Bertz CT molecular complexity index is 519. The molecule has 0 atom stereocenters. The molecule has 0 aliphatic rings. The van der Waals surface area contributed by atoms with Crippen molar-refractivity contribution >= 4 is 45.7 Å². The predicted octanol–water partition coefficient (Wildman–Crippen LogP) is 2.47. The van der Waals surface area contributed by atoms with Gasteiger partial charge in [0.15, 0.2) is 0 Å². The zero-order chi connectivity index (χ0) is 10.3. The van der Waals surface area contributed by atoms with Gasteiger partial charge in [-0.1, -0.05) is 0 Å². The lowest BCUT2D eigenvalue weighted by Gasteiger charge is -2.04. The van der Waals surface area contributed by atoms with Crippen molar-refractivity contribution in [2.45, 2.75) is 4.90 Å². The van der Waals surface area contributed by atoms with Crippen molar-refractivity contribution in [2.75, 3.05) is 5.73 Å². The van der Waals surface area contributed by atoms with Crippen molar-refractivity contribution in [1.82, 2.24) is 0 Å². The second-order valence-corrected chi connectivity index (χ2v) is 4.23. The first-order chi connectivity index (χ1) is 6.61. The van der Waals surface area contributed by atoms with Crippen molar-refractivity contribution in [3.63, 3.8) is 0 Å². The van der Waals surface area contributed by atoms with Gasteiger partial charge in [0.1, 0.15) is 5.56 Å². The Morgan fingerprint density at radius 2 is 2.29 bits per heavy atom. The van der Waals surface area contributed by atoms with Crippen molar-refractivity contribution in [3.05, 3.63) is 23.1 Å². The average Bonchev–Trinajstić information content (AvgIpc) is 2.51. The zero-order valence-electron chi connectivity index (χ0n) is 7.02. The van der Waals surface area contributed by atoms with Crippen LogP contribution in [-0.2, 0) is 0 Å². The lowest BCUT2D eigenvalue weighted by atomic mass is 10.1. The fourth-order valence-corrected chi connectivity index (χ4v) is 2.72. The number of hydrogen-bond acceptors (Lipinski definition) is 4. The number of rotatable bonds is 1. The number of nitrogens with two attached hydrogens (primary N) is 1. The van der Waals surface area contributed by atoms with Gasteiger partial charge in [0, 0.05) is 16.0 Å². The van der Waals surface area contributed by atoms with Crippen LogP contribution >= 0.6 is 24.0 Å². The van der Waals surface area contributed by atoms with E-state index in [1.54, 1.807) is 6.07 Å². The van der Waals surface area contributed by atoms with Gasteiger partial charge in [-0.3, -0.25) is 0 Å². The molecule has 0 fully saturated rings. The Balaban J connectivity index is 2.93. The molecule has 0 aliphatic carbocycles. The topological polar surface area (TPSA) is 63.3 Å². The number of carboxylic acid groups (broad SMARTS) is 1. The van der Waals surface area contributed by atoms with Gasteiger partial charge in [0.2, 0.25) is 0 Å². The van der Waals surface area contributed by atoms with Gasteiger partial charge in [-0.15, -0.1) is 24.0 Å². The Hall–Kier alpha value is -1.20. The van der Waals surface area contributed by atoms with Gasteiger partial charge in [-0.05, 0) is 17.5 Å². The van der Waals surface area contributed by atoms with Crippen LogP contribution in [0.15, 0.2) is 22.4 Å². The molecule has 1 aromatic heterocycles. The molecule has 0 saturated heterocycles. The Labute approximate surface area is 89.6 Å². The van der Waals surface area contributed by atoms with Crippen LogP contribution in [0.1, 0.15) is 10.4 Å². The van der Waals surface area contributed by atoms with Gasteiger partial charge < -0.3 is 10.8 Å². The molecule has 5 heteroatoms. The van der Waals surface area contributed by atoms with Crippen LogP contribution in [0.5, 0.6) is 0 Å². The minimum Gasteiger partial charge on any atom is -0.478 e. The van der Waals surface area contributed by atoms with Gasteiger partial charge in [-0.2, -0.15) is 0 Å². The van der Waals surface area contributed by atoms with Crippen molar-refractivity contribution < 1.29 is 9.90 Å². The van der Waals surface area contributed by atoms with E-state index in [1.807, 2.05) is 11.4 Å². The summed E-state index contributed by atoms with van der Waals surface area (Å²) in [5, 5.41) is 11.6. The third kappa shape index (κ3) is 1.25. The van der Waals surface area contributed by atoms with E-state index >= 15 is 0 Å². The van der Waals surface area contributed by atoms with Crippen molar-refractivity contribution in [1.29, 1.82) is 0 Å². The largest absolute Gasteiger partial charge is 0.478 e. The van der Waals surface area contributed by atoms with Crippen molar-refractivity contribution in [3.8, 4) is 0 Å². The maximum absolute atomic E-state index is 10.9. The molecule has 1 aromatic carbocycles. The number of thiophene rings is 1. The zero-order valence-corrected chi connectivity index (χ0v) is 8.73. The number of aromatic carboxylic acids is 1. The molecule has 0 saturated carbocycles. The molecule has 2 aromatic rings. The molecule has 14 heavy (non-hydrogen) atoms. The number of benzene rings is 1. The second kappa shape index (κ2) is 3.18. The third-order valence-corrected chi connectivity index (χ3v) is 3.26. The van der Waals surface area contributed by atoms with E-state index in [0.29, 0.717) is 9.60 Å². The highest BCUT2D eigenvalue weighted by atomic mass is 32.1. The van der Waals surface area contributed by atoms with Crippen LogP contribution in [0.3, 0.4) is 0 Å². The predicted molar refractivity (Wildman–Crippen MR) is 60.4 cm³/mol. The number of nitrogen functional groups attached to an aromatic ring is 1. The summed E-state index contributed by atoms with van der Waals surface area (Å²) in [6, 6.07) is 3.41. The Morgan fingerprint density at radius 1 is 1.57 bits per heavy atom. The van der Waals surface area contributed by atoms with Crippen LogP contribution < -0.4 is 5.73 Å². The first-order valence-corrected chi connectivity index (χ1v) is 5.16. The molecule has 0 amide bonds. The summed E-state index contributed by atoms with van der Waals surface area (Å²) in [5.41, 5.74) is 6.06. The molecule has 3 nitrogen and oxygen atoms in total. The van der Waals surface area contributed by atoms with Crippen LogP contribution in [0.2, 0.25) is 0 Å². The number of anilines is 1. The fourth-order valence-electron chi connectivity index (χ4n) is 1.35. The van der Waals surface area contributed by atoms with Crippen LogP contribution in [-0.4, -0.2) is 11.1 Å². The molecular weight excluding hydrogens is 218 g/mol. The van der Waals surface area contributed by atoms with Gasteiger partial charge >= 0.3 is 5.97 Å². The number of carbonyl (C=O) groups is 1. The minimum atomic E-state index is -0.997. The number of thiol groups is 1. The van der Waals surface area contributed by atoms with Crippen LogP contribution in [0.25, 0.3) is 10.1 Å². The number of fused-ring (bicyclic) bond motifs is 1. The summed E-state index contributed by atoms with van der Waals surface area (Å²) in [5.74, 6) is -0.997. The maximum atomic E-state index is 10.9. The van der Waals surface area contributed by atoms with Gasteiger partial charge in [0.05, 0.1) is 4.70 Å². The Morgan fingerprint density at radius 3 is 2.93 bits per heavy atom. The van der Waals surface area contributed by atoms with E-state index in [4.69, 9.17) is 10.8 Å². The molecule has 0 radical (unpaired) electrons. The summed E-state index contributed by atoms with van der Waals surface area (Å²) in [6.45, 7) is 0. The highest BCUT2D eigenvalue weighted by Gasteiger charge is 2.15. The second-order valence-electron chi connectivity index (χ2n) is 2.83. The van der Waals surface area contributed by atoms with Gasteiger partial charge in [0.25, 0.3) is 0 Å². The van der Waals surface area contributed by atoms with E-state index in [0.717, 1.165) is 5.39 Å². The Kier molecular flexibility index (Phi) is 2.13. The first-order valence-electron chi connectivity index (χ1n) is 3.83. The van der Waals surface area contributed by atoms with Crippen molar-refractivity contribution in [2.24, 2.45) is 0 Å². The lowest BCUT2D eigenvalue weighted by Crippen LogP contribution is -2.02. The summed E-state index contributed by atoms with van der Waals surface area (Å²) in [4.78, 5) is 11.7. The molecule has 0 bridgehead atoms. The number of hydrogen-bond donors (Lipinski definition) is 3. The normalized spacial score (nSPS) is 10.6. The van der Waals surface area contributed by atoms with E-state index in [-0.39, 0.29) is 11.3 Å². The molecule has 2 rings (SSSR count). The number of carboxylic acids is 1. The SMILES string of the molecule is Nc1cc(S)c2ccsc2c1C(=O)O. The molecule has 0 spiro atoms. The van der Waals surface area contributed by atoms with Crippen LogP contribution in [0, 0.1) is 0 Å². The first kappa shape index (κ1) is 9.36.